The molecule has 0 N–H and O–H groups in total. The van der Waals surface area contributed by atoms with Gasteiger partial charge >= 0.3 is 0 Å². The number of hydrogen-bond donors (Lipinski definition) is 0. The lowest BCUT2D eigenvalue weighted by Crippen LogP contribution is -2.32. The Morgan fingerprint density at radius 3 is 2.92 bits per heavy atom. The first kappa shape index (κ1) is 15.5. The van der Waals surface area contributed by atoms with Crippen LogP contribution in [0.5, 0.6) is 0 Å². The van der Waals surface area contributed by atoms with Gasteiger partial charge in [-0.25, -0.2) is 9.97 Å². The molecule has 24 heavy (non-hydrogen) atoms. The normalized spacial score (nSPS) is 18.3. The van der Waals surface area contributed by atoms with Crippen LogP contribution < -0.4 is 0 Å². The van der Waals surface area contributed by atoms with Crippen molar-refractivity contribution >= 4 is 11.3 Å². The fraction of sp³-hybridized carbons (Fsp3) is 0.389. The summed E-state index contributed by atoms with van der Waals surface area (Å²) in [7, 11) is 0. The van der Waals surface area contributed by atoms with E-state index in [0.29, 0.717) is 6.04 Å². The molecular weight excluding hydrogens is 318 g/mol. The van der Waals surface area contributed by atoms with E-state index in [1.807, 2.05) is 4.68 Å². The zero-order chi connectivity index (χ0) is 16.4. The number of likely N-dealkylation sites (tertiary alicyclic amines) is 1. The minimum absolute atomic E-state index is 0.524. The molecule has 0 spiro atoms. The molecule has 1 atom stereocenters. The number of rotatable bonds is 5. The van der Waals surface area contributed by atoms with Crippen LogP contribution >= 0.6 is 11.3 Å². The Morgan fingerprint density at radius 1 is 1.25 bits per heavy atom. The van der Waals surface area contributed by atoms with Gasteiger partial charge in [-0.05, 0) is 26.3 Å². The highest BCUT2D eigenvalue weighted by Gasteiger charge is 2.25. The van der Waals surface area contributed by atoms with Crippen LogP contribution in [-0.4, -0.2) is 37.2 Å². The Hall–Kier alpha value is -2.05. The molecular formula is C18H21N5S. The summed E-state index contributed by atoms with van der Waals surface area (Å²) in [5.74, 6) is 0. The van der Waals surface area contributed by atoms with Crippen LogP contribution in [0.4, 0.5) is 0 Å². The Kier molecular flexibility index (Phi) is 4.40. The number of thiazole rings is 1. The lowest BCUT2D eigenvalue weighted by atomic mass is 10.2. The molecule has 1 aromatic carbocycles. The SMILES string of the molecule is Cc1ccc(-c2nc(CN3CCC[C@@H]3Cn3cncn3)cs2)cc1. The summed E-state index contributed by atoms with van der Waals surface area (Å²) in [5.41, 5.74) is 3.65. The van der Waals surface area contributed by atoms with E-state index in [1.165, 1.54) is 29.7 Å². The quantitative estimate of drug-likeness (QED) is 0.715. The van der Waals surface area contributed by atoms with Crippen LogP contribution in [-0.2, 0) is 13.1 Å². The molecule has 0 aliphatic carbocycles. The van der Waals surface area contributed by atoms with Crippen molar-refractivity contribution < 1.29 is 0 Å². The first-order valence-corrected chi connectivity index (χ1v) is 9.24. The summed E-state index contributed by atoms with van der Waals surface area (Å²) in [5, 5.41) is 7.54. The highest BCUT2D eigenvalue weighted by atomic mass is 32.1. The number of benzene rings is 1. The molecule has 0 saturated carbocycles. The van der Waals surface area contributed by atoms with E-state index >= 15 is 0 Å². The third-order valence-corrected chi connectivity index (χ3v) is 5.52. The number of aromatic nitrogens is 4. The van der Waals surface area contributed by atoms with Gasteiger partial charge in [0.15, 0.2) is 0 Å². The number of aryl methyl sites for hydroxylation is 1. The molecule has 0 bridgehead atoms. The van der Waals surface area contributed by atoms with Gasteiger partial charge in [0.1, 0.15) is 17.7 Å². The van der Waals surface area contributed by atoms with Gasteiger partial charge in [0.25, 0.3) is 0 Å². The fourth-order valence-electron chi connectivity index (χ4n) is 3.27. The maximum absolute atomic E-state index is 4.85. The average Bonchev–Trinajstić information content (AvgIpc) is 3.32. The van der Waals surface area contributed by atoms with Gasteiger partial charge < -0.3 is 0 Å². The van der Waals surface area contributed by atoms with Crippen LogP contribution in [0.25, 0.3) is 10.6 Å². The van der Waals surface area contributed by atoms with E-state index in [0.717, 1.165) is 24.6 Å². The first-order valence-electron chi connectivity index (χ1n) is 8.36. The molecule has 1 aliphatic rings. The molecule has 3 heterocycles. The summed E-state index contributed by atoms with van der Waals surface area (Å²) in [6.45, 7) is 5.08. The topological polar surface area (TPSA) is 46.8 Å². The lowest BCUT2D eigenvalue weighted by molar-refractivity contribution is 0.217. The van der Waals surface area contributed by atoms with Crippen LogP contribution in [0.2, 0.25) is 0 Å². The maximum Gasteiger partial charge on any atom is 0.137 e. The molecule has 3 aromatic rings. The van der Waals surface area contributed by atoms with E-state index < -0.39 is 0 Å². The van der Waals surface area contributed by atoms with Gasteiger partial charge in [-0.1, -0.05) is 29.8 Å². The standard InChI is InChI=1S/C18H21N5S/c1-14-4-6-15(7-5-14)18-21-16(11-24-18)9-22-8-2-3-17(22)10-23-13-19-12-20-23/h4-7,11-13,17H,2-3,8-10H2,1H3/t17-/m1/s1. The van der Waals surface area contributed by atoms with E-state index in [2.05, 4.69) is 51.6 Å². The molecule has 0 unspecified atom stereocenters. The van der Waals surface area contributed by atoms with Crippen LogP contribution in [0, 0.1) is 6.92 Å². The van der Waals surface area contributed by atoms with Gasteiger partial charge in [0.2, 0.25) is 0 Å². The smallest absolute Gasteiger partial charge is 0.137 e. The van der Waals surface area contributed by atoms with Crippen LogP contribution in [0.15, 0.2) is 42.3 Å². The molecule has 1 fully saturated rings. The van der Waals surface area contributed by atoms with Gasteiger partial charge in [-0.3, -0.25) is 9.58 Å². The van der Waals surface area contributed by atoms with Crippen molar-refractivity contribution in [2.75, 3.05) is 6.54 Å². The second-order valence-corrected chi connectivity index (χ2v) is 7.25. The summed E-state index contributed by atoms with van der Waals surface area (Å²) >= 11 is 1.73. The first-order chi connectivity index (χ1) is 11.8. The highest BCUT2D eigenvalue weighted by molar-refractivity contribution is 7.13. The predicted molar refractivity (Wildman–Crippen MR) is 95.7 cm³/mol. The molecule has 6 heteroatoms. The minimum Gasteiger partial charge on any atom is -0.293 e. The Bertz CT molecular complexity index is 778. The molecule has 1 saturated heterocycles. The third-order valence-electron chi connectivity index (χ3n) is 4.58. The summed E-state index contributed by atoms with van der Waals surface area (Å²) in [4.78, 5) is 11.4. The fourth-order valence-corrected chi connectivity index (χ4v) is 4.09. The summed E-state index contributed by atoms with van der Waals surface area (Å²) in [6, 6.07) is 9.12. The van der Waals surface area contributed by atoms with Crippen LogP contribution in [0.1, 0.15) is 24.1 Å². The van der Waals surface area contributed by atoms with Crippen molar-refractivity contribution in [2.24, 2.45) is 0 Å². The van der Waals surface area contributed by atoms with E-state index in [1.54, 1.807) is 24.0 Å². The Morgan fingerprint density at radius 2 is 2.12 bits per heavy atom. The lowest BCUT2D eigenvalue weighted by Gasteiger charge is -2.23. The van der Waals surface area contributed by atoms with Crippen molar-refractivity contribution in [3.8, 4) is 10.6 Å². The van der Waals surface area contributed by atoms with Crippen LogP contribution in [0.3, 0.4) is 0 Å². The molecule has 0 radical (unpaired) electrons. The van der Waals surface area contributed by atoms with Crippen molar-refractivity contribution in [1.82, 2.24) is 24.6 Å². The number of hydrogen-bond acceptors (Lipinski definition) is 5. The van der Waals surface area contributed by atoms with Crippen molar-refractivity contribution in [2.45, 2.75) is 38.9 Å². The van der Waals surface area contributed by atoms with Gasteiger partial charge in [0.05, 0.1) is 12.2 Å². The second kappa shape index (κ2) is 6.83. The second-order valence-electron chi connectivity index (χ2n) is 6.39. The minimum atomic E-state index is 0.524. The van der Waals surface area contributed by atoms with E-state index in [-0.39, 0.29) is 0 Å². The van der Waals surface area contributed by atoms with Gasteiger partial charge in [0, 0.05) is 23.5 Å². The predicted octanol–water partition coefficient (Wildman–Crippen LogP) is 3.37. The van der Waals surface area contributed by atoms with Gasteiger partial charge in [-0.2, -0.15) is 5.10 Å². The summed E-state index contributed by atoms with van der Waals surface area (Å²) < 4.78 is 1.93. The van der Waals surface area contributed by atoms with Crippen molar-refractivity contribution in [1.29, 1.82) is 0 Å². The van der Waals surface area contributed by atoms with Gasteiger partial charge in [-0.15, -0.1) is 11.3 Å². The molecule has 124 valence electrons. The zero-order valence-electron chi connectivity index (χ0n) is 13.8. The van der Waals surface area contributed by atoms with E-state index in [4.69, 9.17) is 4.98 Å². The molecule has 1 aliphatic heterocycles. The maximum atomic E-state index is 4.85. The molecule has 4 rings (SSSR count). The largest absolute Gasteiger partial charge is 0.293 e. The summed E-state index contributed by atoms with van der Waals surface area (Å²) in [6.07, 6.45) is 5.87. The Balaban J connectivity index is 1.44. The zero-order valence-corrected chi connectivity index (χ0v) is 14.6. The monoisotopic (exact) mass is 339 g/mol. The third kappa shape index (κ3) is 3.39. The van der Waals surface area contributed by atoms with Crippen molar-refractivity contribution in [3.05, 3.63) is 53.6 Å². The van der Waals surface area contributed by atoms with E-state index in [9.17, 15) is 0 Å². The van der Waals surface area contributed by atoms with Crippen molar-refractivity contribution in [3.63, 3.8) is 0 Å². The molecule has 5 nitrogen and oxygen atoms in total. The number of nitrogens with zero attached hydrogens (tertiary/aromatic N) is 5. The Labute approximate surface area is 146 Å². The molecule has 0 amide bonds. The highest BCUT2D eigenvalue weighted by Crippen LogP contribution is 2.26. The molecule has 2 aromatic heterocycles. The average molecular weight is 339 g/mol.